The number of anilines is 1. The van der Waals surface area contributed by atoms with Crippen molar-refractivity contribution in [1.29, 1.82) is 0 Å². The van der Waals surface area contributed by atoms with Crippen molar-refractivity contribution in [3.8, 4) is 0 Å². The molecule has 2 amide bonds. The molecule has 11 heteroatoms. The molecule has 34 heavy (non-hydrogen) atoms. The zero-order chi connectivity index (χ0) is 23.9. The molecule has 1 N–H and O–H groups in total. The van der Waals surface area contributed by atoms with Crippen LogP contribution >= 0.6 is 0 Å². The van der Waals surface area contributed by atoms with Crippen LogP contribution in [0, 0.1) is 0 Å². The Labute approximate surface area is 192 Å². The Hall–Kier alpha value is -3.76. The maximum Gasteiger partial charge on any atom is 0.410 e. The van der Waals surface area contributed by atoms with Crippen LogP contribution in [0.25, 0.3) is 0 Å². The van der Waals surface area contributed by atoms with E-state index in [1.807, 2.05) is 0 Å². The quantitative estimate of drug-likeness (QED) is 0.627. The molecule has 2 unspecified atom stereocenters. The van der Waals surface area contributed by atoms with Gasteiger partial charge < -0.3 is 19.5 Å². The van der Waals surface area contributed by atoms with Crippen LogP contribution in [0.5, 0.6) is 0 Å². The van der Waals surface area contributed by atoms with E-state index >= 15 is 0 Å². The number of benzene rings is 1. The number of piperazine rings is 1. The van der Waals surface area contributed by atoms with Gasteiger partial charge in [0.25, 0.3) is 11.8 Å². The molecule has 0 aliphatic carbocycles. The molecule has 1 saturated heterocycles. The summed E-state index contributed by atoms with van der Waals surface area (Å²) >= 11 is 0. The average molecular weight is 473 g/mol. The molecule has 3 aromatic rings. The van der Waals surface area contributed by atoms with E-state index in [0.717, 1.165) is 10.2 Å². The molecule has 5 rings (SSSR count). The second kappa shape index (κ2) is 8.54. The summed E-state index contributed by atoms with van der Waals surface area (Å²) in [7, 11) is 0. The number of rotatable bonds is 3. The van der Waals surface area contributed by atoms with Crippen LogP contribution < -0.4 is 5.32 Å². The van der Waals surface area contributed by atoms with E-state index < -0.39 is 24.2 Å². The second-order valence-corrected chi connectivity index (χ2v) is 8.32. The second-order valence-electron chi connectivity index (χ2n) is 8.32. The molecule has 0 radical (unpaired) electrons. The van der Waals surface area contributed by atoms with Gasteiger partial charge in [-0.25, -0.2) is 4.68 Å². The molecule has 1 fully saturated rings. The van der Waals surface area contributed by atoms with E-state index in [2.05, 4.69) is 10.4 Å². The van der Waals surface area contributed by atoms with Crippen LogP contribution in [0.15, 0.2) is 59.2 Å². The lowest BCUT2D eigenvalue weighted by atomic mass is 9.97. The monoisotopic (exact) mass is 473 g/mol. The fourth-order valence-electron chi connectivity index (χ4n) is 4.41. The van der Waals surface area contributed by atoms with Gasteiger partial charge in [-0.3, -0.25) is 9.59 Å². The number of furan rings is 1. The number of nitrogens with one attached hydrogen (secondary N) is 1. The zero-order valence-electron chi connectivity index (χ0n) is 18.0. The third-order valence-electron chi connectivity index (χ3n) is 6.20. The number of halogens is 3. The van der Waals surface area contributed by atoms with Gasteiger partial charge in [0.05, 0.1) is 12.3 Å². The Morgan fingerprint density at radius 3 is 2.26 bits per heavy atom. The van der Waals surface area contributed by atoms with Crippen molar-refractivity contribution >= 4 is 17.6 Å². The number of alkyl halides is 3. The fourth-order valence-corrected chi connectivity index (χ4v) is 4.41. The minimum Gasteiger partial charge on any atom is -0.459 e. The predicted octanol–water partition coefficient (Wildman–Crippen LogP) is 3.73. The van der Waals surface area contributed by atoms with Crippen molar-refractivity contribution in [2.24, 2.45) is 0 Å². The molecular weight excluding hydrogens is 451 g/mol. The predicted molar refractivity (Wildman–Crippen MR) is 115 cm³/mol. The van der Waals surface area contributed by atoms with Gasteiger partial charge in [0.15, 0.2) is 17.5 Å². The Morgan fingerprint density at radius 1 is 0.971 bits per heavy atom. The van der Waals surface area contributed by atoms with Gasteiger partial charge in [-0.2, -0.15) is 18.3 Å². The van der Waals surface area contributed by atoms with Gasteiger partial charge in [-0.05, 0) is 17.7 Å². The van der Waals surface area contributed by atoms with Gasteiger partial charge in [0, 0.05) is 38.7 Å². The van der Waals surface area contributed by atoms with E-state index in [-0.39, 0.29) is 42.7 Å². The van der Waals surface area contributed by atoms with Gasteiger partial charge in [-0.1, -0.05) is 30.3 Å². The van der Waals surface area contributed by atoms with E-state index in [4.69, 9.17) is 4.42 Å². The number of nitrogens with zero attached hydrogens (tertiary/aromatic N) is 4. The van der Waals surface area contributed by atoms with E-state index in [1.165, 1.54) is 17.2 Å². The number of hydrogen-bond donors (Lipinski definition) is 1. The van der Waals surface area contributed by atoms with Crippen molar-refractivity contribution in [3.05, 3.63) is 71.8 Å². The Kier molecular flexibility index (Phi) is 5.54. The summed E-state index contributed by atoms with van der Waals surface area (Å²) in [6, 6.07) is 11.1. The minimum absolute atomic E-state index is 0.0590. The SMILES string of the molecule is O=C(c1cc2n(n1)C(C(F)(F)F)CC(c1ccccc1)N2)N1CCN(C(=O)c2ccco2)CC1. The molecule has 4 heterocycles. The lowest BCUT2D eigenvalue weighted by Gasteiger charge is -2.34. The maximum absolute atomic E-state index is 13.9. The lowest BCUT2D eigenvalue weighted by molar-refractivity contribution is -0.173. The molecule has 1 aromatic carbocycles. The Balaban J connectivity index is 1.33. The van der Waals surface area contributed by atoms with Crippen LogP contribution in [0.1, 0.15) is 45.1 Å². The minimum atomic E-state index is -4.52. The first-order valence-corrected chi connectivity index (χ1v) is 10.9. The first-order valence-electron chi connectivity index (χ1n) is 10.9. The summed E-state index contributed by atoms with van der Waals surface area (Å²) in [4.78, 5) is 28.5. The van der Waals surface area contributed by atoms with Gasteiger partial charge in [0.2, 0.25) is 0 Å². The Bertz CT molecular complexity index is 1170. The molecule has 2 aliphatic rings. The number of amides is 2. The molecule has 0 bridgehead atoms. The Morgan fingerprint density at radius 2 is 1.65 bits per heavy atom. The summed E-state index contributed by atoms with van der Waals surface area (Å²) in [5, 5.41) is 7.14. The summed E-state index contributed by atoms with van der Waals surface area (Å²) < 4.78 is 47.6. The number of carbonyl (C=O) groups excluding carboxylic acids is 2. The molecule has 2 atom stereocenters. The number of carbonyl (C=O) groups is 2. The van der Waals surface area contributed by atoms with E-state index in [1.54, 1.807) is 47.4 Å². The highest BCUT2D eigenvalue weighted by Crippen LogP contribution is 2.43. The topological polar surface area (TPSA) is 83.6 Å². The molecular formula is C23H22F3N5O3. The molecule has 2 aliphatic heterocycles. The molecule has 0 saturated carbocycles. The third kappa shape index (κ3) is 4.13. The maximum atomic E-state index is 13.9. The normalized spacial score (nSPS) is 20.6. The van der Waals surface area contributed by atoms with Crippen molar-refractivity contribution < 1.29 is 27.2 Å². The fraction of sp³-hybridized carbons (Fsp3) is 0.348. The highest BCUT2D eigenvalue weighted by Gasteiger charge is 2.47. The van der Waals surface area contributed by atoms with Crippen molar-refractivity contribution in [3.63, 3.8) is 0 Å². The lowest BCUT2D eigenvalue weighted by Crippen LogP contribution is -2.50. The zero-order valence-corrected chi connectivity index (χ0v) is 18.0. The number of aromatic nitrogens is 2. The molecule has 2 aromatic heterocycles. The molecule has 0 spiro atoms. The van der Waals surface area contributed by atoms with Gasteiger partial charge >= 0.3 is 6.18 Å². The van der Waals surface area contributed by atoms with Crippen LogP contribution in [0.3, 0.4) is 0 Å². The van der Waals surface area contributed by atoms with E-state index in [9.17, 15) is 22.8 Å². The van der Waals surface area contributed by atoms with Crippen molar-refractivity contribution in [2.75, 3.05) is 31.5 Å². The average Bonchev–Trinajstić information content (AvgIpc) is 3.53. The highest BCUT2D eigenvalue weighted by molar-refractivity contribution is 5.94. The summed E-state index contributed by atoms with van der Waals surface area (Å²) in [5.41, 5.74) is 0.672. The van der Waals surface area contributed by atoms with Crippen LogP contribution in [0.4, 0.5) is 19.0 Å². The van der Waals surface area contributed by atoms with Crippen LogP contribution in [-0.2, 0) is 0 Å². The molecule has 178 valence electrons. The van der Waals surface area contributed by atoms with Crippen LogP contribution in [-0.4, -0.2) is 63.7 Å². The van der Waals surface area contributed by atoms with Gasteiger partial charge in [0.1, 0.15) is 5.82 Å². The molecule has 8 nitrogen and oxygen atoms in total. The van der Waals surface area contributed by atoms with E-state index in [0.29, 0.717) is 13.1 Å². The van der Waals surface area contributed by atoms with Gasteiger partial charge in [-0.15, -0.1) is 0 Å². The largest absolute Gasteiger partial charge is 0.459 e. The summed E-state index contributed by atoms with van der Waals surface area (Å²) in [6.45, 7) is 1.07. The highest BCUT2D eigenvalue weighted by atomic mass is 19.4. The van der Waals surface area contributed by atoms with Crippen molar-refractivity contribution in [2.45, 2.75) is 24.7 Å². The first-order chi connectivity index (χ1) is 16.3. The summed E-state index contributed by atoms with van der Waals surface area (Å²) in [5.74, 6) is -0.360. The van der Waals surface area contributed by atoms with Crippen LogP contribution in [0.2, 0.25) is 0 Å². The standard InChI is InChI=1S/C23H22F3N5O3/c24-23(25,26)19-13-16(15-5-2-1-3-6-15)27-20-14-17(28-31(19)20)21(32)29-8-10-30(11-9-29)22(33)18-7-4-12-34-18/h1-7,12,14,16,19,27H,8-11,13H2. The number of hydrogen-bond acceptors (Lipinski definition) is 5. The van der Waals surface area contributed by atoms with Crippen molar-refractivity contribution in [1.82, 2.24) is 19.6 Å². The smallest absolute Gasteiger partial charge is 0.410 e. The third-order valence-corrected chi connectivity index (χ3v) is 6.20. The number of fused-ring (bicyclic) bond motifs is 1. The first kappa shape index (κ1) is 22.1. The summed E-state index contributed by atoms with van der Waals surface area (Å²) in [6.07, 6.45) is -3.34.